The lowest BCUT2D eigenvalue weighted by Crippen LogP contribution is -2.09. The van der Waals surface area contributed by atoms with Gasteiger partial charge in [0.15, 0.2) is 0 Å². The van der Waals surface area contributed by atoms with Gasteiger partial charge in [0.1, 0.15) is 5.82 Å². The highest BCUT2D eigenvalue weighted by Gasteiger charge is 1.95. The van der Waals surface area contributed by atoms with Gasteiger partial charge in [-0.1, -0.05) is 29.8 Å². The Balaban J connectivity index is 1.99. The number of aromatic amines is 1. The van der Waals surface area contributed by atoms with E-state index in [9.17, 15) is 4.79 Å². The zero-order valence-electron chi connectivity index (χ0n) is 9.03. The molecule has 1 aromatic heterocycles. The number of nitrogens with zero attached hydrogens (tertiary/aromatic N) is 1. The lowest BCUT2D eigenvalue weighted by Gasteiger charge is -2.04. The number of aryl methyl sites for hydroxylation is 1. The van der Waals surface area contributed by atoms with Crippen LogP contribution in [-0.4, -0.2) is 10.2 Å². The smallest absolute Gasteiger partial charge is 0.264 e. The highest BCUT2D eigenvalue weighted by atomic mass is 16.1. The molecule has 2 aromatic rings. The van der Waals surface area contributed by atoms with Gasteiger partial charge in [-0.25, -0.2) is 5.10 Å². The first-order valence-electron chi connectivity index (χ1n) is 5.09. The van der Waals surface area contributed by atoms with Gasteiger partial charge in [-0.15, -0.1) is 0 Å². The second-order valence-electron chi connectivity index (χ2n) is 3.65. The van der Waals surface area contributed by atoms with Crippen molar-refractivity contribution in [2.24, 2.45) is 0 Å². The average molecular weight is 215 g/mol. The first-order chi connectivity index (χ1) is 7.74. The summed E-state index contributed by atoms with van der Waals surface area (Å²) < 4.78 is 0. The molecule has 0 bridgehead atoms. The maximum absolute atomic E-state index is 10.8. The molecule has 0 atom stereocenters. The van der Waals surface area contributed by atoms with E-state index in [1.165, 1.54) is 17.2 Å². The number of rotatable bonds is 3. The van der Waals surface area contributed by atoms with Crippen LogP contribution >= 0.6 is 0 Å². The van der Waals surface area contributed by atoms with Crippen LogP contribution in [-0.2, 0) is 6.54 Å². The second kappa shape index (κ2) is 4.61. The van der Waals surface area contributed by atoms with Gasteiger partial charge in [-0.2, -0.15) is 5.10 Å². The van der Waals surface area contributed by atoms with Crippen LogP contribution in [0.3, 0.4) is 0 Å². The third-order valence-electron chi connectivity index (χ3n) is 2.27. The third kappa shape index (κ3) is 2.70. The number of hydrogen-bond acceptors (Lipinski definition) is 3. The molecule has 16 heavy (non-hydrogen) atoms. The van der Waals surface area contributed by atoms with Crippen molar-refractivity contribution in [1.29, 1.82) is 0 Å². The number of aromatic nitrogens is 2. The van der Waals surface area contributed by atoms with Crippen LogP contribution in [0.1, 0.15) is 11.1 Å². The Bertz CT molecular complexity index is 496. The Hall–Kier alpha value is -2.10. The van der Waals surface area contributed by atoms with Crippen LogP contribution in [0.2, 0.25) is 0 Å². The summed E-state index contributed by atoms with van der Waals surface area (Å²) in [6.07, 6.45) is 0. The fraction of sp³-hybridized carbons (Fsp3) is 0.167. The number of hydrogen-bond donors (Lipinski definition) is 2. The molecule has 2 N–H and O–H groups in total. The van der Waals surface area contributed by atoms with Crippen molar-refractivity contribution in [3.8, 4) is 0 Å². The molecule has 0 aliphatic heterocycles. The fourth-order valence-electron chi connectivity index (χ4n) is 1.34. The first kappa shape index (κ1) is 10.4. The largest absolute Gasteiger partial charge is 0.365 e. The van der Waals surface area contributed by atoms with E-state index in [2.05, 4.69) is 46.7 Å². The Kier molecular flexibility index (Phi) is 3.00. The molecule has 0 aliphatic rings. The summed E-state index contributed by atoms with van der Waals surface area (Å²) in [5.41, 5.74) is 2.23. The Morgan fingerprint density at radius 1 is 1.19 bits per heavy atom. The lowest BCUT2D eigenvalue weighted by molar-refractivity contribution is 0.969. The minimum absolute atomic E-state index is 0.194. The Morgan fingerprint density at radius 2 is 1.94 bits per heavy atom. The number of anilines is 1. The highest BCUT2D eigenvalue weighted by Crippen LogP contribution is 2.05. The normalized spacial score (nSPS) is 10.1. The summed E-state index contributed by atoms with van der Waals surface area (Å²) in [5.74, 6) is 0.667. The molecule has 1 aromatic carbocycles. The molecular weight excluding hydrogens is 202 g/mol. The second-order valence-corrected chi connectivity index (χ2v) is 3.65. The molecule has 1 heterocycles. The standard InChI is InChI=1S/C12H13N3O/c1-9-2-4-10(5-3-9)8-13-11-6-7-12(16)15-14-11/h2-7H,8H2,1H3,(H,13,14)(H,15,16). The maximum Gasteiger partial charge on any atom is 0.264 e. The molecule has 0 spiro atoms. The van der Waals surface area contributed by atoms with E-state index in [4.69, 9.17) is 0 Å². The topological polar surface area (TPSA) is 57.8 Å². The van der Waals surface area contributed by atoms with Crippen LogP contribution in [0.5, 0.6) is 0 Å². The first-order valence-corrected chi connectivity index (χ1v) is 5.09. The zero-order valence-corrected chi connectivity index (χ0v) is 9.03. The number of H-pyrrole nitrogens is 1. The molecule has 0 amide bonds. The monoisotopic (exact) mass is 215 g/mol. The van der Waals surface area contributed by atoms with Gasteiger partial charge >= 0.3 is 0 Å². The summed E-state index contributed by atoms with van der Waals surface area (Å²) >= 11 is 0. The zero-order chi connectivity index (χ0) is 11.4. The summed E-state index contributed by atoms with van der Waals surface area (Å²) in [6, 6.07) is 11.4. The molecule has 4 nitrogen and oxygen atoms in total. The summed E-state index contributed by atoms with van der Waals surface area (Å²) in [7, 11) is 0. The van der Waals surface area contributed by atoms with Crippen LogP contribution in [0.25, 0.3) is 0 Å². The summed E-state index contributed by atoms with van der Waals surface area (Å²) in [5, 5.41) is 9.37. The van der Waals surface area contributed by atoms with Crippen molar-refractivity contribution in [2.75, 3.05) is 5.32 Å². The van der Waals surface area contributed by atoms with Crippen molar-refractivity contribution in [1.82, 2.24) is 10.2 Å². The Morgan fingerprint density at radius 3 is 2.56 bits per heavy atom. The van der Waals surface area contributed by atoms with Gasteiger partial charge in [0.25, 0.3) is 5.56 Å². The number of nitrogens with one attached hydrogen (secondary N) is 2. The molecule has 0 radical (unpaired) electrons. The quantitative estimate of drug-likeness (QED) is 0.819. The van der Waals surface area contributed by atoms with E-state index in [0.29, 0.717) is 12.4 Å². The van der Waals surface area contributed by atoms with Crippen molar-refractivity contribution in [2.45, 2.75) is 13.5 Å². The van der Waals surface area contributed by atoms with E-state index in [1.54, 1.807) is 6.07 Å². The van der Waals surface area contributed by atoms with Crippen molar-refractivity contribution < 1.29 is 0 Å². The molecule has 0 saturated carbocycles. The molecule has 4 heteroatoms. The predicted molar refractivity (Wildman–Crippen MR) is 63.4 cm³/mol. The van der Waals surface area contributed by atoms with E-state index >= 15 is 0 Å². The molecule has 0 unspecified atom stereocenters. The van der Waals surface area contributed by atoms with Gasteiger partial charge < -0.3 is 5.32 Å². The highest BCUT2D eigenvalue weighted by molar-refractivity contribution is 5.33. The van der Waals surface area contributed by atoms with Gasteiger partial charge in [0, 0.05) is 12.6 Å². The molecule has 0 saturated heterocycles. The molecular formula is C12H13N3O. The predicted octanol–water partition coefficient (Wildman–Crippen LogP) is 1.69. The SMILES string of the molecule is Cc1ccc(CNc2ccc(=O)[nH]n2)cc1. The van der Waals surface area contributed by atoms with Crippen molar-refractivity contribution in [3.05, 3.63) is 57.9 Å². The van der Waals surface area contributed by atoms with Gasteiger partial charge in [0.05, 0.1) is 0 Å². The van der Waals surface area contributed by atoms with Crippen molar-refractivity contribution >= 4 is 5.82 Å². The summed E-state index contributed by atoms with van der Waals surface area (Å²) in [6.45, 7) is 2.75. The average Bonchev–Trinajstić information content (AvgIpc) is 2.30. The van der Waals surface area contributed by atoms with Crippen LogP contribution < -0.4 is 10.9 Å². The van der Waals surface area contributed by atoms with Crippen LogP contribution in [0.4, 0.5) is 5.82 Å². The van der Waals surface area contributed by atoms with E-state index in [1.807, 2.05) is 0 Å². The molecule has 2 rings (SSSR count). The third-order valence-corrected chi connectivity index (χ3v) is 2.27. The minimum Gasteiger partial charge on any atom is -0.365 e. The minimum atomic E-state index is -0.194. The molecule has 0 aliphatic carbocycles. The van der Waals surface area contributed by atoms with E-state index in [-0.39, 0.29) is 5.56 Å². The molecule has 82 valence electrons. The van der Waals surface area contributed by atoms with Gasteiger partial charge in [-0.05, 0) is 18.6 Å². The maximum atomic E-state index is 10.8. The Labute approximate surface area is 93.3 Å². The van der Waals surface area contributed by atoms with Crippen molar-refractivity contribution in [3.63, 3.8) is 0 Å². The molecule has 0 fully saturated rings. The number of benzene rings is 1. The van der Waals surface area contributed by atoms with E-state index in [0.717, 1.165) is 0 Å². The van der Waals surface area contributed by atoms with Crippen LogP contribution in [0, 0.1) is 6.92 Å². The van der Waals surface area contributed by atoms with Gasteiger partial charge in [0.2, 0.25) is 0 Å². The van der Waals surface area contributed by atoms with Gasteiger partial charge in [-0.3, -0.25) is 4.79 Å². The fourth-order valence-corrected chi connectivity index (χ4v) is 1.34. The van der Waals surface area contributed by atoms with Crippen LogP contribution in [0.15, 0.2) is 41.2 Å². The summed E-state index contributed by atoms with van der Waals surface area (Å²) in [4.78, 5) is 10.8. The lowest BCUT2D eigenvalue weighted by atomic mass is 10.1. The van der Waals surface area contributed by atoms with E-state index < -0.39 is 0 Å².